The number of hydrogen-bond acceptors (Lipinski definition) is 5. The van der Waals surface area contributed by atoms with Crippen molar-refractivity contribution in [3.8, 4) is 0 Å². The molecule has 152 valence electrons. The van der Waals surface area contributed by atoms with Crippen LogP contribution in [-0.4, -0.2) is 19.0 Å². The van der Waals surface area contributed by atoms with Gasteiger partial charge in [-0.3, -0.25) is 4.79 Å². The predicted molar refractivity (Wildman–Crippen MR) is 121 cm³/mol. The van der Waals surface area contributed by atoms with Crippen molar-refractivity contribution in [2.75, 3.05) is 12.4 Å². The van der Waals surface area contributed by atoms with Gasteiger partial charge in [0.05, 0.1) is 22.7 Å². The van der Waals surface area contributed by atoms with Crippen molar-refractivity contribution >= 4 is 72.8 Å². The van der Waals surface area contributed by atoms with E-state index in [4.69, 9.17) is 27.9 Å². The molecule has 3 aromatic rings. The minimum Gasteiger partial charge on any atom is -0.465 e. The normalized spacial score (nSPS) is 14.2. The number of carbonyl (C=O) groups is 2. The van der Waals surface area contributed by atoms with Crippen LogP contribution in [0.25, 0.3) is 10.1 Å². The number of methoxy groups -OCH3 is 1. The Bertz CT molecular complexity index is 1100. The molecule has 2 heterocycles. The van der Waals surface area contributed by atoms with E-state index in [1.165, 1.54) is 36.2 Å². The van der Waals surface area contributed by atoms with Crippen LogP contribution in [0.3, 0.4) is 0 Å². The second-order valence-electron chi connectivity index (χ2n) is 6.93. The van der Waals surface area contributed by atoms with Gasteiger partial charge in [0, 0.05) is 15.0 Å². The average Bonchev–Trinajstić information content (AvgIpc) is 3.19. The number of amides is 1. The number of aryl methyl sites for hydroxylation is 1. The number of hydrogen-bond donors (Lipinski definition) is 1. The van der Waals surface area contributed by atoms with Crippen LogP contribution >= 0.6 is 45.9 Å². The summed E-state index contributed by atoms with van der Waals surface area (Å²) in [4.78, 5) is 27.1. The zero-order valence-corrected chi connectivity index (χ0v) is 18.9. The molecule has 0 radical (unpaired) electrons. The molecule has 0 saturated heterocycles. The number of fused-ring (bicyclic) bond motifs is 2. The highest BCUT2D eigenvalue weighted by Gasteiger charge is 2.27. The van der Waals surface area contributed by atoms with Crippen molar-refractivity contribution in [1.29, 1.82) is 0 Å². The summed E-state index contributed by atoms with van der Waals surface area (Å²) in [6, 6.07) is 5.46. The Hall–Kier alpha value is -1.60. The zero-order chi connectivity index (χ0) is 20.5. The molecule has 0 atom stereocenters. The van der Waals surface area contributed by atoms with Gasteiger partial charge in [-0.05, 0) is 43.4 Å². The van der Waals surface area contributed by atoms with Crippen molar-refractivity contribution in [2.24, 2.45) is 0 Å². The lowest BCUT2D eigenvalue weighted by atomic mass is 9.96. The molecule has 4 nitrogen and oxygen atoms in total. The summed E-state index contributed by atoms with van der Waals surface area (Å²) in [6.07, 6.45) is 6.19. The number of rotatable bonds is 3. The van der Waals surface area contributed by atoms with Gasteiger partial charge >= 0.3 is 5.97 Å². The van der Waals surface area contributed by atoms with Gasteiger partial charge in [-0.25, -0.2) is 4.79 Å². The largest absolute Gasteiger partial charge is 0.465 e. The molecular formula is C21H19Cl2NO3S2. The molecular weight excluding hydrogens is 449 g/mol. The molecule has 4 rings (SSSR count). The highest BCUT2D eigenvalue weighted by atomic mass is 35.5. The fraction of sp³-hybridized carbons (Fsp3) is 0.333. The van der Waals surface area contributed by atoms with E-state index in [0.29, 0.717) is 30.9 Å². The van der Waals surface area contributed by atoms with Crippen molar-refractivity contribution < 1.29 is 14.3 Å². The quantitative estimate of drug-likeness (QED) is 0.423. The zero-order valence-electron chi connectivity index (χ0n) is 15.8. The standard InChI is InChI=1S/C21H19Cl2NO3S2/c1-27-21(26)15-11-7-4-2-3-5-9-13(11)29-20(15)24-19(25)18-17(23)16-12(22)8-6-10-14(16)28-18/h6,8,10H,2-5,7,9H2,1H3,(H,24,25). The lowest BCUT2D eigenvalue weighted by Gasteiger charge is -2.10. The molecule has 0 fully saturated rings. The molecule has 2 aromatic heterocycles. The SMILES string of the molecule is COC(=O)c1c(NC(=O)c2sc3cccc(Cl)c3c2Cl)sc2c1CCCCCC2. The topological polar surface area (TPSA) is 55.4 Å². The summed E-state index contributed by atoms with van der Waals surface area (Å²) in [5.74, 6) is -0.754. The van der Waals surface area contributed by atoms with Crippen molar-refractivity contribution in [1.82, 2.24) is 0 Å². The van der Waals surface area contributed by atoms with Gasteiger partial charge in [0.25, 0.3) is 5.91 Å². The van der Waals surface area contributed by atoms with E-state index in [-0.39, 0.29) is 5.91 Å². The maximum absolute atomic E-state index is 13.1. The third-order valence-corrected chi connectivity index (χ3v) is 8.27. The van der Waals surface area contributed by atoms with Gasteiger partial charge in [-0.2, -0.15) is 0 Å². The summed E-state index contributed by atoms with van der Waals surface area (Å²) in [5, 5.41) is 4.98. The first-order valence-corrected chi connectivity index (χ1v) is 11.8. The van der Waals surface area contributed by atoms with Crippen LogP contribution in [0.2, 0.25) is 10.0 Å². The first-order chi connectivity index (χ1) is 14.0. The first-order valence-electron chi connectivity index (χ1n) is 9.42. The van der Waals surface area contributed by atoms with Gasteiger partial charge < -0.3 is 10.1 Å². The summed E-state index contributed by atoms with van der Waals surface area (Å²) in [7, 11) is 1.37. The molecule has 0 saturated carbocycles. The molecule has 0 bridgehead atoms. The summed E-state index contributed by atoms with van der Waals surface area (Å²) in [5.41, 5.74) is 1.50. The number of nitrogens with one attached hydrogen (secondary N) is 1. The summed E-state index contributed by atoms with van der Waals surface area (Å²) in [6.45, 7) is 0. The molecule has 8 heteroatoms. The number of benzene rings is 1. The average molecular weight is 468 g/mol. The summed E-state index contributed by atoms with van der Waals surface area (Å²) < 4.78 is 5.87. The molecule has 29 heavy (non-hydrogen) atoms. The van der Waals surface area contributed by atoms with E-state index < -0.39 is 5.97 Å². The number of anilines is 1. The van der Waals surface area contributed by atoms with Gasteiger partial charge in [-0.15, -0.1) is 22.7 Å². The Morgan fingerprint density at radius 2 is 1.83 bits per heavy atom. The van der Waals surface area contributed by atoms with E-state index in [9.17, 15) is 9.59 Å². The van der Waals surface area contributed by atoms with Gasteiger partial charge in [-0.1, -0.05) is 42.1 Å². The molecule has 1 aliphatic rings. The molecule has 1 aromatic carbocycles. The van der Waals surface area contributed by atoms with Crippen LogP contribution in [0, 0.1) is 0 Å². The maximum Gasteiger partial charge on any atom is 0.341 e. The molecule has 1 aliphatic carbocycles. The summed E-state index contributed by atoms with van der Waals surface area (Å²) >= 11 is 15.5. The van der Waals surface area contributed by atoms with Gasteiger partial charge in [0.15, 0.2) is 0 Å². The van der Waals surface area contributed by atoms with E-state index in [1.807, 2.05) is 12.1 Å². The molecule has 0 aliphatic heterocycles. The fourth-order valence-corrected chi connectivity index (χ4v) is 6.83. The second-order valence-corrected chi connectivity index (χ2v) is 9.87. The Labute approximate surface area is 186 Å². The Balaban J connectivity index is 1.73. The number of carbonyl (C=O) groups excluding carboxylic acids is 2. The smallest absolute Gasteiger partial charge is 0.341 e. The predicted octanol–water partition coefficient (Wildman–Crippen LogP) is 6.97. The van der Waals surface area contributed by atoms with Crippen LogP contribution in [-0.2, 0) is 17.6 Å². The van der Waals surface area contributed by atoms with Crippen LogP contribution in [0.15, 0.2) is 18.2 Å². The molecule has 1 N–H and O–H groups in total. The number of ether oxygens (including phenoxy) is 1. The number of thiophene rings is 2. The fourth-order valence-electron chi connectivity index (χ4n) is 3.70. The lowest BCUT2D eigenvalue weighted by molar-refractivity contribution is 0.0601. The Kier molecular flexibility index (Phi) is 6.16. The van der Waals surface area contributed by atoms with Crippen LogP contribution in [0.1, 0.15) is 56.2 Å². The van der Waals surface area contributed by atoms with Gasteiger partial charge in [0.1, 0.15) is 9.88 Å². The third-order valence-electron chi connectivity index (χ3n) is 5.10. The minimum atomic E-state index is -0.413. The van der Waals surface area contributed by atoms with E-state index in [1.54, 1.807) is 6.07 Å². The Morgan fingerprint density at radius 1 is 1.07 bits per heavy atom. The van der Waals surface area contributed by atoms with Gasteiger partial charge in [0.2, 0.25) is 0 Å². The molecule has 0 spiro atoms. The van der Waals surface area contributed by atoms with Crippen LogP contribution in [0.4, 0.5) is 5.00 Å². The highest BCUT2D eigenvalue weighted by Crippen LogP contribution is 2.41. The monoisotopic (exact) mass is 467 g/mol. The second kappa shape index (κ2) is 8.64. The van der Waals surface area contributed by atoms with Crippen LogP contribution in [0.5, 0.6) is 0 Å². The number of halogens is 2. The lowest BCUT2D eigenvalue weighted by Crippen LogP contribution is -2.14. The number of esters is 1. The first kappa shape index (κ1) is 20.7. The third kappa shape index (κ3) is 3.91. The van der Waals surface area contributed by atoms with Crippen molar-refractivity contribution in [3.63, 3.8) is 0 Å². The molecule has 0 unspecified atom stereocenters. The van der Waals surface area contributed by atoms with E-state index in [2.05, 4.69) is 5.32 Å². The highest BCUT2D eigenvalue weighted by molar-refractivity contribution is 7.22. The molecule has 1 amide bonds. The van der Waals surface area contributed by atoms with Crippen molar-refractivity contribution in [2.45, 2.75) is 38.5 Å². The Morgan fingerprint density at radius 3 is 2.55 bits per heavy atom. The van der Waals surface area contributed by atoms with Crippen molar-refractivity contribution in [3.05, 3.63) is 49.1 Å². The van der Waals surface area contributed by atoms with E-state index in [0.717, 1.165) is 47.2 Å². The van der Waals surface area contributed by atoms with Crippen LogP contribution < -0.4 is 5.32 Å². The maximum atomic E-state index is 13.1. The minimum absolute atomic E-state index is 0.336. The van der Waals surface area contributed by atoms with E-state index >= 15 is 0 Å².